The van der Waals surface area contributed by atoms with Crippen LogP contribution in [0.25, 0.3) is 77.8 Å². The highest BCUT2D eigenvalue weighted by Crippen LogP contribution is 2.37. The summed E-state index contributed by atoms with van der Waals surface area (Å²) < 4.78 is 9.74. The van der Waals surface area contributed by atoms with Gasteiger partial charge in [-0.2, -0.15) is 4.98 Å². The smallest absolute Gasteiger partial charge is 0.310 e. The van der Waals surface area contributed by atoms with E-state index in [4.69, 9.17) is 19.4 Å². The number of hydrogen-bond donors (Lipinski definition) is 0. The molecule has 0 N–H and O–H groups in total. The molecule has 0 atom stereocenters. The van der Waals surface area contributed by atoms with Crippen LogP contribution in [0.1, 0.15) is 0 Å². The standard InChI is InChI=1S/C34H19N5O2/c40-32-24-14-6-9-17-28(24)41-34-37-30-27(39(32)34)19-18-22-21-12-5-8-16-26(21)38(31(22)30)33-35-25-15-7-4-13-23(25)29(36-33)20-10-2-1-3-11-20/h1-19H. The molecule has 0 fully saturated rings. The first-order valence-electron chi connectivity index (χ1n) is 13.3. The van der Waals surface area contributed by atoms with E-state index in [1.165, 1.54) is 0 Å². The molecule has 0 aliphatic carbocycles. The highest BCUT2D eigenvalue weighted by atomic mass is 16.4. The van der Waals surface area contributed by atoms with Gasteiger partial charge >= 0.3 is 5.84 Å². The monoisotopic (exact) mass is 529 g/mol. The summed E-state index contributed by atoms with van der Waals surface area (Å²) in [6.07, 6.45) is 0. The molecule has 7 heteroatoms. The van der Waals surface area contributed by atoms with Crippen LogP contribution in [-0.4, -0.2) is 23.9 Å². The number of para-hydroxylation sites is 3. The minimum atomic E-state index is -0.167. The molecule has 7 nitrogen and oxygen atoms in total. The van der Waals surface area contributed by atoms with Crippen molar-refractivity contribution in [2.24, 2.45) is 0 Å². The van der Waals surface area contributed by atoms with Gasteiger partial charge in [0.05, 0.1) is 33.1 Å². The van der Waals surface area contributed by atoms with E-state index in [2.05, 4.69) is 34.9 Å². The number of aromatic nitrogens is 5. The van der Waals surface area contributed by atoms with Crippen LogP contribution < -0.4 is 5.56 Å². The fourth-order valence-electron chi connectivity index (χ4n) is 5.97. The molecular formula is C34H19N5O2. The van der Waals surface area contributed by atoms with Crippen molar-refractivity contribution in [2.75, 3.05) is 0 Å². The third kappa shape index (κ3) is 3.02. The lowest BCUT2D eigenvalue weighted by molar-refractivity contribution is 0.616. The predicted molar refractivity (Wildman–Crippen MR) is 162 cm³/mol. The summed E-state index contributed by atoms with van der Waals surface area (Å²) in [7, 11) is 0. The average molecular weight is 530 g/mol. The lowest BCUT2D eigenvalue weighted by Gasteiger charge is -2.11. The topological polar surface area (TPSA) is 78.2 Å². The van der Waals surface area contributed by atoms with Crippen LogP contribution in [0.2, 0.25) is 0 Å². The maximum Gasteiger partial charge on any atom is 0.310 e. The molecular weight excluding hydrogens is 510 g/mol. The molecule has 9 aromatic rings. The van der Waals surface area contributed by atoms with E-state index < -0.39 is 0 Å². The Kier molecular flexibility index (Phi) is 4.35. The number of hydrogen-bond acceptors (Lipinski definition) is 5. The Labute approximate surface area is 231 Å². The zero-order chi connectivity index (χ0) is 27.1. The van der Waals surface area contributed by atoms with Crippen molar-refractivity contribution in [1.82, 2.24) is 23.9 Å². The van der Waals surface area contributed by atoms with Crippen LogP contribution in [0.4, 0.5) is 0 Å². The summed E-state index contributed by atoms with van der Waals surface area (Å²) in [5.41, 5.74) is 6.11. The number of benzene rings is 5. The van der Waals surface area contributed by atoms with Crippen molar-refractivity contribution < 1.29 is 4.42 Å². The molecule has 0 bridgehead atoms. The molecule has 41 heavy (non-hydrogen) atoms. The predicted octanol–water partition coefficient (Wildman–Crippen LogP) is 7.30. The van der Waals surface area contributed by atoms with E-state index in [1.807, 2.05) is 72.8 Å². The van der Waals surface area contributed by atoms with E-state index in [-0.39, 0.29) is 11.4 Å². The summed E-state index contributed by atoms with van der Waals surface area (Å²) in [5, 5.41) is 3.52. The quantitative estimate of drug-likeness (QED) is 0.235. The first-order valence-corrected chi connectivity index (χ1v) is 13.3. The number of fused-ring (bicyclic) bond motifs is 9. The molecule has 5 aromatic carbocycles. The molecule has 0 saturated heterocycles. The second-order valence-electron chi connectivity index (χ2n) is 10.1. The minimum absolute atomic E-state index is 0.167. The SMILES string of the molecule is O=c1c2ccccc2oc2nc3c4c(ccc3n12)c1ccccc1n4-c1nc(-c2ccccc2)c2ccccc2n1. The van der Waals surface area contributed by atoms with Crippen LogP contribution in [0.5, 0.6) is 0 Å². The highest BCUT2D eigenvalue weighted by molar-refractivity contribution is 6.17. The normalized spacial score (nSPS) is 12.0. The summed E-state index contributed by atoms with van der Waals surface area (Å²) in [6, 6.07) is 37.6. The molecule has 0 radical (unpaired) electrons. The molecule has 0 aliphatic rings. The van der Waals surface area contributed by atoms with Crippen LogP contribution in [-0.2, 0) is 0 Å². The molecule has 4 heterocycles. The van der Waals surface area contributed by atoms with Gasteiger partial charge in [-0.15, -0.1) is 0 Å². The van der Waals surface area contributed by atoms with Crippen molar-refractivity contribution >= 4 is 60.6 Å². The van der Waals surface area contributed by atoms with Crippen molar-refractivity contribution in [3.63, 3.8) is 0 Å². The summed E-state index contributed by atoms with van der Waals surface area (Å²) in [5.74, 6) is 0.778. The highest BCUT2D eigenvalue weighted by Gasteiger charge is 2.22. The molecule has 192 valence electrons. The maximum absolute atomic E-state index is 13.6. The van der Waals surface area contributed by atoms with E-state index in [0.29, 0.717) is 28.0 Å². The summed E-state index contributed by atoms with van der Waals surface area (Å²) in [4.78, 5) is 28.7. The number of imidazole rings is 1. The summed E-state index contributed by atoms with van der Waals surface area (Å²) >= 11 is 0. The Hall–Kier alpha value is -5.82. The lowest BCUT2D eigenvalue weighted by Crippen LogP contribution is -2.12. The number of rotatable bonds is 2. The lowest BCUT2D eigenvalue weighted by atomic mass is 10.1. The fourth-order valence-corrected chi connectivity index (χ4v) is 5.97. The van der Waals surface area contributed by atoms with Gasteiger partial charge in [0, 0.05) is 21.7 Å². The van der Waals surface area contributed by atoms with Crippen LogP contribution >= 0.6 is 0 Å². The van der Waals surface area contributed by atoms with E-state index in [9.17, 15) is 4.79 Å². The van der Waals surface area contributed by atoms with Gasteiger partial charge in [-0.05, 0) is 36.4 Å². The zero-order valence-corrected chi connectivity index (χ0v) is 21.5. The van der Waals surface area contributed by atoms with Gasteiger partial charge in [0.25, 0.3) is 5.56 Å². The Bertz CT molecular complexity index is 2560. The average Bonchev–Trinajstić information content (AvgIpc) is 3.57. The third-order valence-electron chi connectivity index (χ3n) is 7.79. The molecule has 0 unspecified atom stereocenters. The third-order valence-corrected chi connectivity index (χ3v) is 7.79. The van der Waals surface area contributed by atoms with Crippen molar-refractivity contribution in [3.05, 3.63) is 126 Å². The second kappa shape index (κ2) is 8.09. The van der Waals surface area contributed by atoms with Gasteiger partial charge in [-0.3, -0.25) is 9.36 Å². The van der Waals surface area contributed by atoms with Gasteiger partial charge in [0.2, 0.25) is 5.95 Å². The van der Waals surface area contributed by atoms with Crippen molar-refractivity contribution in [1.29, 1.82) is 0 Å². The van der Waals surface area contributed by atoms with Gasteiger partial charge in [-0.1, -0.05) is 78.9 Å². The molecule has 0 spiro atoms. The second-order valence-corrected chi connectivity index (χ2v) is 10.1. The van der Waals surface area contributed by atoms with E-state index >= 15 is 0 Å². The number of nitrogens with zero attached hydrogens (tertiary/aromatic N) is 5. The Morgan fingerprint density at radius 3 is 2.20 bits per heavy atom. The molecule has 0 amide bonds. The molecule has 4 aromatic heterocycles. The van der Waals surface area contributed by atoms with Crippen molar-refractivity contribution in [3.8, 4) is 17.2 Å². The van der Waals surface area contributed by atoms with Gasteiger partial charge in [0.15, 0.2) is 0 Å². The van der Waals surface area contributed by atoms with Crippen LogP contribution in [0.15, 0.2) is 124 Å². The van der Waals surface area contributed by atoms with Gasteiger partial charge < -0.3 is 4.42 Å². The Morgan fingerprint density at radius 1 is 0.585 bits per heavy atom. The Balaban J connectivity index is 1.47. The molecule has 9 rings (SSSR count). The van der Waals surface area contributed by atoms with Crippen LogP contribution in [0, 0.1) is 0 Å². The van der Waals surface area contributed by atoms with E-state index in [1.54, 1.807) is 16.5 Å². The minimum Gasteiger partial charge on any atom is -0.424 e. The Morgan fingerprint density at radius 2 is 1.32 bits per heavy atom. The first-order chi connectivity index (χ1) is 20.3. The maximum atomic E-state index is 13.6. The molecule has 0 aliphatic heterocycles. The van der Waals surface area contributed by atoms with E-state index in [0.717, 1.165) is 44.0 Å². The largest absolute Gasteiger partial charge is 0.424 e. The van der Waals surface area contributed by atoms with Gasteiger partial charge in [-0.25, -0.2) is 14.4 Å². The van der Waals surface area contributed by atoms with Crippen molar-refractivity contribution in [2.45, 2.75) is 0 Å². The summed E-state index contributed by atoms with van der Waals surface area (Å²) in [6.45, 7) is 0. The fraction of sp³-hybridized carbons (Fsp3) is 0. The van der Waals surface area contributed by atoms with Crippen LogP contribution in [0.3, 0.4) is 0 Å². The van der Waals surface area contributed by atoms with Gasteiger partial charge in [0.1, 0.15) is 11.1 Å². The first kappa shape index (κ1) is 22.0. The zero-order valence-electron chi connectivity index (χ0n) is 21.5. The molecule has 0 saturated carbocycles.